The number of benzene rings is 1. The SMILES string of the molecule is COc1ccccc1Cn1cccc1/C=C/C(N)=O. The van der Waals surface area contributed by atoms with Crippen molar-refractivity contribution in [3.63, 3.8) is 0 Å². The van der Waals surface area contributed by atoms with Gasteiger partial charge < -0.3 is 15.0 Å². The van der Waals surface area contributed by atoms with Gasteiger partial charge >= 0.3 is 0 Å². The minimum absolute atomic E-state index is 0.454. The third-order valence-electron chi connectivity index (χ3n) is 2.82. The summed E-state index contributed by atoms with van der Waals surface area (Å²) in [5.41, 5.74) is 7.10. The molecule has 2 N–H and O–H groups in total. The molecular weight excluding hydrogens is 240 g/mol. The summed E-state index contributed by atoms with van der Waals surface area (Å²) in [5.74, 6) is 0.395. The molecule has 1 amide bonds. The zero-order valence-corrected chi connectivity index (χ0v) is 10.7. The van der Waals surface area contributed by atoms with Crippen molar-refractivity contribution in [2.24, 2.45) is 5.73 Å². The number of hydrogen-bond donors (Lipinski definition) is 1. The van der Waals surface area contributed by atoms with E-state index < -0.39 is 5.91 Å². The third-order valence-corrected chi connectivity index (χ3v) is 2.82. The maximum Gasteiger partial charge on any atom is 0.241 e. The number of hydrogen-bond acceptors (Lipinski definition) is 2. The number of methoxy groups -OCH3 is 1. The van der Waals surface area contributed by atoms with Crippen molar-refractivity contribution < 1.29 is 9.53 Å². The summed E-state index contributed by atoms with van der Waals surface area (Å²) in [6.07, 6.45) is 5.01. The van der Waals surface area contributed by atoms with Crippen molar-refractivity contribution in [2.45, 2.75) is 6.54 Å². The van der Waals surface area contributed by atoms with Gasteiger partial charge in [0.15, 0.2) is 0 Å². The first-order valence-electron chi connectivity index (χ1n) is 5.95. The van der Waals surface area contributed by atoms with Crippen LogP contribution in [0.4, 0.5) is 0 Å². The van der Waals surface area contributed by atoms with E-state index in [1.54, 1.807) is 13.2 Å². The van der Waals surface area contributed by atoms with E-state index in [2.05, 4.69) is 0 Å². The summed E-state index contributed by atoms with van der Waals surface area (Å²) in [4.78, 5) is 10.8. The molecule has 0 bridgehead atoms. The lowest BCUT2D eigenvalue weighted by molar-refractivity contribution is -0.113. The van der Waals surface area contributed by atoms with Crippen LogP contribution >= 0.6 is 0 Å². The lowest BCUT2D eigenvalue weighted by atomic mass is 10.2. The van der Waals surface area contributed by atoms with Crippen molar-refractivity contribution in [2.75, 3.05) is 7.11 Å². The molecule has 1 aromatic carbocycles. The van der Waals surface area contributed by atoms with E-state index in [1.807, 2.05) is 47.2 Å². The molecule has 0 aliphatic carbocycles. The fourth-order valence-corrected chi connectivity index (χ4v) is 1.91. The summed E-state index contributed by atoms with van der Waals surface area (Å²) in [5, 5.41) is 0. The highest BCUT2D eigenvalue weighted by Crippen LogP contribution is 2.19. The molecule has 4 nitrogen and oxygen atoms in total. The summed E-state index contributed by atoms with van der Waals surface area (Å²) in [6, 6.07) is 11.7. The molecule has 1 heterocycles. The van der Waals surface area contributed by atoms with Gasteiger partial charge in [0, 0.05) is 23.5 Å². The normalized spacial score (nSPS) is 10.8. The number of aromatic nitrogens is 1. The standard InChI is InChI=1S/C15H16N2O2/c1-19-14-7-3-2-5-12(14)11-17-10-4-6-13(17)8-9-15(16)18/h2-10H,11H2,1H3,(H2,16,18)/b9-8+. The van der Waals surface area contributed by atoms with Crippen molar-refractivity contribution >= 4 is 12.0 Å². The monoisotopic (exact) mass is 256 g/mol. The molecule has 2 rings (SSSR count). The number of ether oxygens (including phenoxy) is 1. The van der Waals surface area contributed by atoms with Gasteiger partial charge in [0.25, 0.3) is 0 Å². The molecule has 0 saturated carbocycles. The quantitative estimate of drug-likeness (QED) is 0.832. The van der Waals surface area contributed by atoms with E-state index in [4.69, 9.17) is 10.5 Å². The van der Waals surface area contributed by atoms with Crippen molar-refractivity contribution in [3.8, 4) is 5.75 Å². The van der Waals surface area contributed by atoms with E-state index in [0.29, 0.717) is 6.54 Å². The van der Waals surface area contributed by atoms with Crippen LogP contribution in [0.3, 0.4) is 0 Å². The Morgan fingerprint density at radius 2 is 2.11 bits per heavy atom. The molecule has 0 aliphatic rings. The summed E-state index contributed by atoms with van der Waals surface area (Å²) in [7, 11) is 1.66. The van der Waals surface area contributed by atoms with Gasteiger partial charge in [-0.1, -0.05) is 18.2 Å². The van der Waals surface area contributed by atoms with Gasteiger partial charge in [-0.2, -0.15) is 0 Å². The van der Waals surface area contributed by atoms with Crippen LogP contribution in [0.15, 0.2) is 48.7 Å². The zero-order chi connectivity index (χ0) is 13.7. The van der Waals surface area contributed by atoms with Crippen LogP contribution in [0, 0.1) is 0 Å². The maximum absolute atomic E-state index is 10.8. The molecule has 0 spiro atoms. The van der Waals surface area contributed by atoms with Crippen LogP contribution < -0.4 is 10.5 Å². The Hall–Kier alpha value is -2.49. The number of carbonyl (C=O) groups is 1. The number of para-hydroxylation sites is 1. The van der Waals surface area contributed by atoms with Gasteiger partial charge in [-0.3, -0.25) is 4.79 Å². The van der Waals surface area contributed by atoms with Crippen LogP contribution in [0.25, 0.3) is 6.08 Å². The van der Waals surface area contributed by atoms with Crippen LogP contribution in [0.5, 0.6) is 5.75 Å². The molecule has 0 saturated heterocycles. The lowest BCUT2D eigenvalue weighted by Crippen LogP contribution is -2.06. The first-order chi connectivity index (χ1) is 9.20. The molecule has 1 aromatic heterocycles. The minimum Gasteiger partial charge on any atom is -0.496 e. The third kappa shape index (κ3) is 3.25. The van der Waals surface area contributed by atoms with Crippen LogP contribution in [0.2, 0.25) is 0 Å². The molecule has 4 heteroatoms. The average Bonchev–Trinajstić information content (AvgIpc) is 2.84. The van der Waals surface area contributed by atoms with Crippen molar-refractivity contribution in [1.29, 1.82) is 0 Å². The smallest absolute Gasteiger partial charge is 0.241 e. The van der Waals surface area contributed by atoms with E-state index in [9.17, 15) is 4.79 Å². The fourth-order valence-electron chi connectivity index (χ4n) is 1.91. The van der Waals surface area contributed by atoms with Crippen molar-refractivity contribution in [3.05, 3.63) is 59.9 Å². The maximum atomic E-state index is 10.8. The van der Waals surface area contributed by atoms with Gasteiger partial charge in [0.2, 0.25) is 5.91 Å². The van der Waals surface area contributed by atoms with Gasteiger partial charge in [0.1, 0.15) is 5.75 Å². The number of primary amides is 1. The Morgan fingerprint density at radius 1 is 1.32 bits per heavy atom. The van der Waals surface area contributed by atoms with Gasteiger partial charge in [-0.15, -0.1) is 0 Å². The average molecular weight is 256 g/mol. The Kier molecular flexibility index (Phi) is 4.03. The first-order valence-corrected chi connectivity index (χ1v) is 5.95. The van der Waals surface area contributed by atoms with E-state index >= 15 is 0 Å². The molecule has 2 aromatic rings. The molecule has 0 aliphatic heterocycles. The second-order valence-electron chi connectivity index (χ2n) is 4.11. The Bertz CT molecular complexity index is 600. The van der Waals surface area contributed by atoms with Gasteiger partial charge in [-0.05, 0) is 24.3 Å². The molecular formula is C15H16N2O2. The second-order valence-corrected chi connectivity index (χ2v) is 4.11. The Morgan fingerprint density at radius 3 is 2.84 bits per heavy atom. The number of nitrogens with zero attached hydrogens (tertiary/aromatic N) is 1. The van der Waals surface area contributed by atoms with Crippen LogP contribution in [0.1, 0.15) is 11.3 Å². The minimum atomic E-state index is -0.454. The number of rotatable bonds is 5. The number of amides is 1. The molecule has 19 heavy (non-hydrogen) atoms. The zero-order valence-electron chi connectivity index (χ0n) is 10.7. The molecule has 0 unspecified atom stereocenters. The lowest BCUT2D eigenvalue weighted by Gasteiger charge is -2.10. The Balaban J connectivity index is 2.24. The van der Waals surface area contributed by atoms with E-state index in [0.717, 1.165) is 17.0 Å². The largest absolute Gasteiger partial charge is 0.496 e. The van der Waals surface area contributed by atoms with Gasteiger partial charge in [-0.25, -0.2) is 0 Å². The van der Waals surface area contributed by atoms with Crippen LogP contribution in [-0.4, -0.2) is 17.6 Å². The fraction of sp³-hybridized carbons (Fsp3) is 0.133. The van der Waals surface area contributed by atoms with Gasteiger partial charge in [0.05, 0.1) is 13.7 Å². The summed E-state index contributed by atoms with van der Waals surface area (Å²) in [6.45, 7) is 0.676. The predicted octanol–water partition coefficient (Wildman–Crippen LogP) is 2.04. The highest BCUT2D eigenvalue weighted by atomic mass is 16.5. The molecule has 0 atom stereocenters. The Labute approximate surface area is 112 Å². The predicted molar refractivity (Wildman–Crippen MR) is 74.8 cm³/mol. The van der Waals surface area contributed by atoms with Crippen molar-refractivity contribution in [1.82, 2.24) is 4.57 Å². The molecule has 0 radical (unpaired) electrons. The second kappa shape index (κ2) is 5.91. The van der Waals surface area contributed by atoms with E-state index in [-0.39, 0.29) is 0 Å². The summed E-state index contributed by atoms with van der Waals surface area (Å²) >= 11 is 0. The van der Waals surface area contributed by atoms with Crippen LogP contribution in [-0.2, 0) is 11.3 Å². The molecule has 0 fully saturated rings. The number of carbonyl (C=O) groups excluding carboxylic acids is 1. The number of nitrogens with two attached hydrogens (primary N) is 1. The topological polar surface area (TPSA) is 57.2 Å². The highest BCUT2D eigenvalue weighted by Gasteiger charge is 2.04. The molecule has 98 valence electrons. The van der Waals surface area contributed by atoms with E-state index in [1.165, 1.54) is 6.08 Å². The first kappa shape index (κ1) is 13.0. The highest BCUT2D eigenvalue weighted by molar-refractivity contribution is 5.90. The summed E-state index contributed by atoms with van der Waals surface area (Å²) < 4.78 is 7.35.